The molecule has 2 heterocycles. The Bertz CT molecular complexity index is 926. The standard InChI is InChI=1S/C24H33N3O5/c1-6-23(30-7-2,31-17(5)28)15-26-22(29)24(16(3)4)14-20(27-32-24)21-19-11-9-8-10-18(19)12-13-25-21/h9,11-13,16H,6-8,10,14-15H2,1-5H3,(H,26,29). The van der Waals surface area contributed by atoms with E-state index in [4.69, 9.17) is 14.3 Å². The number of pyridine rings is 1. The summed E-state index contributed by atoms with van der Waals surface area (Å²) in [5.74, 6) is -2.17. The van der Waals surface area contributed by atoms with Crippen LogP contribution in [-0.4, -0.2) is 47.1 Å². The van der Waals surface area contributed by atoms with E-state index in [1.54, 1.807) is 6.20 Å². The van der Waals surface area contributed by atoms with E-state index in [-0.39, 0.29) is 18.4 Å². The molecule has 0 bridgehead atoms. The summed E-state index contributed by atoms with van der Waals surface area (Å²) in [4.78, 5) is 35.4. The number of hydrogen-bond acceptors (Lipinski definition) is 7. The zero-order valence-corrected chi connectivity index (χ0v) is 19.6. The van der Waals surface area contributed by atoms with Crippen molar-refractivity contribution < 1.29 is 23.9 Å². The van der Waals surface area contributed by atoms with E-state index in [1.165, 1.54) is 12.5 Å². The van der Waals surface area contributed by atoms with E-state index >= 15 is 0 Å². The number of nitrogens with one attached hydrogen (secondary N) is 1. The van der Waals surface area contributed by atoms with Gasteiger partial charge in [0.05, 0.1) is 12.2 Å². The molecule has 1 amide bonds. The molecule has 3 rings (SSSR count). The van der Waals surface area contributed by atoms with Crippen LogP contribution in [0.2, 0.25) is 0 Å². The highest BCUT2D eigenvalue weighted by Crippen LogP contribution is 2.35. The summed E-state index contributed by atoms with van der Waals surface area (Å²) in [5.41, 5.74) is 2.49. The van der Waals surface area contributed by atoms with Crippen LogP contribution in [0.15, 0.2) is 23.5 Å². The first-order valence-electron chi connectivity index (χ1n) is 11.3. The molecule has 1 N–H and O–H groups in total. The molecule has 8 heteroatoms. The second-order valence-electron chi connectivity index (χ2n) is 8.50. The predicted molar refractivity (Wildman–Crippen MR) is 121 cm³/mol. The molecule has 0 saturated heterocycles. The SMILES string of the molecule is CCOC(CC)(CNC(=O)C1(C(C)C)CC(c2nccc3c2C=CCC3)=NO1)OC(C)=O. The Morgan fingerprint density at radius 3 is 2.78 bits per heavy atom. The lowest BCUT2D eigenvalue weighted by Gasteiger charge is -2.34. The van der Waals surface area contributed by atoms with Crippen molar-refractivity contribution >= 4 is 23.7 Å². The molecule has 1 aromatic rings. The minimum atomic E-state index is -1.22. The second-order valence-corrected chi connectivity index (χ2v) is 8.50. The van der Waals surface area contributed by atoms with Gasteiger partial charge in [-0.1, -0.05) is 38.1 Å². The maximum absolute atomic E-state index is 13.4. The van der Waals surface area contributed by atoms with Crippen molar-refractivity contribution in [2.45, 2.75) is 71.7 Å². The molecule has 174 valence electrons. The molecule has 0 spiro atoms. The van der Waals surface area contributed by atoms with Gasteiger partial charge in [-0.2, -0.15) is 0 Å². The molecule has 8 nitrogen and oxygen atoms in total. The average molecular weight is 444 g/mol. The molecule has 1 aliphatic carbocycles. The van der Waals surface area contributed by atoms with Crippen molar-refractivity contribution in [1.29, 1.82) is 0 Å². The molecule has 2 atom stereocenters. The zero-order valence-electron chi connectivity index (χ0n) is 19.6. The van der Waals surface area contributed by atoms with Crippen LogP contribution in [-0.2, 0) is 30.3 Å². The molecule has 0 fully saturated rings. The normalized spacial score (nSPS) is 21.4. The third-order valence-corrected chi connectivity index (χ3v) is 6.08. The Labute approximate surface area is 189 Å². The first-order chi connectivity index (χ1) is 15.3. The van der Waals surface area contributed by atoms with Gasteiger partial charge in [-0.25, -0.2) is 0 Å². The van der Waals surface area contributed by atoms with Crippen LogP contribution < -0.4 is 5.32 Å². The molecular weight excluding hydrogens is 410 g/mol. The molecule has 1 aliphatic heterocycles. The van der Waals surface area contributed by atoms with Crippen molar-refractivity contribution in [3.05, 3.63) is 35.2 Å². The van der Waals surface area contributed by atoms with E-state index < -0.39 is 17.4 Å². The Morgan fingerprint density at radius 2 is 2.12 bits per heavy atom. The summed E-state index contributed by atoms with van der Waals surface area (Å²) in [5, 5.41) is 7.19. The molecule has 0 radical (unpaired) electrons. The molecule has 1 aromatic heterocycles. The third kappa shape index (κ3) is 4.70. The Morgan fingerprint density at radius 1 is 1.34 bits per heavy atom. The number of aryl methyl sites for hydroxylation is 1. The van der Waals surface area contributed by atoms with Crippen LogP contribution in [0.4, 0.5) is 0 Å². The minimum Gasteiger partial charge on any atom is -0.431 e. The minimum absolute atomic E-state index is 0.0185. The van der Waals surface area contributed by atoms with Crippen LogP contribution in [0, 0.1) is 5.92 Å². The van der Waals surface area contributed by atoms with Gasteiger partial charge in [-0.05, 0) is 31.4 Å². The number of nitrogens with zero attached hydrogens (tertiary/aromatic N) is 2. The van der Waals surface area contributed by atoms with Crippen LogP contribution in [0.3, 0.4) is 0 Å². The monoisotopic (exact) mass is 443 g/mol. The number of carbonyl (C=O) groups is 2. The van der Waals surface area contributed by atoms with Crippen molar-refractivity contribution in [3.63, 3.8) is 0 Å². The lowest BCUT2D eigenvalue weighted by atomic mass is 9.83. The lowest BCUT2D eigenvalue weighted by Crippen LogP contribution is -2.55. The van der Waals surface area contributed by atoms with E-state index in [2.05, 4.69) is 27.6 Å². The Hall–Kier alpha value is -2.74. The van der Waals surface area contributed by atoms with Crippen LogP contribution in [0.1, 0.15) is 70.7 Å². The summed E-state index contributed by atoms with van der Waals surface area (Å²) in [6.45, 7) is 9.19. The quantitative estimate of drug-likeness (QED) is 0.464. The number of amides is 1. The Balaban J connectivity index is 1.80. The molecule has 32 heavy (non-hydrogen) atoms. The number of ether oxygens (including phenoxy) is 2. The number of hydrogen-bond donors (Lipinski definition) is 1. The number of esters is 1. The first-order valence-corrected chi connectivity index (χ1v) is 11.3. The first kappa shape index (κ1) is 23.9. The van der Waals surface area contributed by atoms with E-state index in [0.29, 0.717) is 25.2 Å². The van der Waals surface area contributed by atoms with Gasteiger partial charge >= 0.3 is 5.97 Å². The summed E-state index contributed by atoms with van der Waals surface area (Å²) < 4.78 is 11.1. The number of rotatable bonds is 9. The van der Waals surface area contributed by atoms with Gasteiger partial charge in [0.2, 0.25) is 11.4 Å². The number of oxime groups is 1. The fraction of sp³-hybridized carbons (Fsp3) is 0.583. The Kier molecular flexibility index (Phi) is 7.33. The zero-order chi connectivity index (χ0) is 23.4. The molecule has 0 aromatic carbocycles. The lowest BCUT2D eigenvalue weighted by molar-refractivity contribution is -0.228. The second kappa shape index (κ2) is 9.81. The number of carbonyl (C=O) groups excluding carboxylic acids is 2. The smallest absolute Gasteiger partial charge is 0.305 e. The van der Waals surface area contributed by atoms with Crippen molar-refractivity contribution in [2.75, 3.05) is 13.2 Å². The summed E-state index contributed by atoms with van der Waals surface area (Å²) in [6.07, 6.45) is 8.62. The van der Waals surface area contributed by atoms with E-state index in [9.17, 15) is 9.59 Å². The number of aromatic nitrogens is 1. The van der Waals surface area contributed by atoms with Gasteiger partial charge in [0, 0.05) is 44.1 Å². The van der Waals surface area contributed by atoms with Crippen LogP contribution in [0.25, 0.3) is 6.08 Å². The van der Waals surface area contributed by atoms with Gasteiger partial charge in [0.25, 0.3) is 5.91 Å². The van der Waals surface area contributed by atoms with Gasteiger partial charge < -0.3 is 19.6 Å². The van der Waals surface area contributed by atoms with Crippen LogP contribution in [0.5, 0.6) is 0 Å². The molecule has 2 unspecified atom stereocenters. The highest BCUT2D eigenvalue weighted by molar-refractivity contribution is 6.06. The van der Waals surface area contributed by atoms with Gasteiger partial charge in [-0.3, -0.25) is 14.6 Å². The maximum Gasteiger partial charge on any atom is 0.305 e. The van der Waals surface area contributed by atoms with Gasteiger partial charge in [0.1, 0.15) is 5.71 Å². The fourth-order valence-electron chi connectivity index (χ4n) is 4.16. The number of fused-ring (bicyclic) bond motifs is 1. The molecule has 0 saturated carbocycles. The summed E-state index contributed by atoms with van der Waals surface area (Å²) >= 11 is 0. The average Bonchev–Trinajstić information content (AvgIpc) is 3.23. The largest absolute Gasteiger partial charge is 0.431 e. The highest BCUT2D eigenvalue weighted by atomic mass is 16.7. The maximum atomic E-state index is 13.4. The van der Waals surface area contributed by atoms with Gasteiger partial charge in [-0.15, -0.1) is 0 Å². The topological polar surface area (TPSA) is 99.1 Å². The fourth-order valence-corrected chi connectivity index (χ4v) is 4.16. The summed E-state index contributed by atoms with van der Waals surface area (Å²) in [6, 6.07) is 2.02. The number of allylic oxidation sites excluding steroid dienone is 1. The van der Waals surface area contributed by atoms with Crippen molar-refractivity contribution in [1.82, 2.24) is 10.3 Å². The van der Waals surface area contributed by atoms with Gasteiger partial charge in [0.15, 0.2) is 0 Å². The van der Waals surface area contributed by atoms with Crippen molar-refractivity contribution in [3.8, 4) is 0 Å². The predicted octanol–water partition coefficient (Wildman–Crippen LogP) is 3.38. The van der Waals surface area contributed by atoms with Crippen LogP contribution >= 0.6 is 0 Å². The third-order valence-electron chi connectivity index (χ3n) is 6.08. The van der Waals surface area contributed by atoms with E-state index in [1.807, 2.05) is 33.8 Å². The highest BCUT2D eigenvalue weighted by Gasteiger charge is 2.50. The summed E-state index contributed by atoms with van der Waals surface area (Å²) in [7, 11) is 0. The molecule has 2 aliphatic rings. The van der Waals surface area contributed by atoms with Crippen molar-refractivity contribution in [2.24, 2.45) is 11.1 Å². The molecular formula is C24H33N3O5. The van der Waals surface area contributed by atoms with E-state index in [0.717, 1.165) is 24.1 Å².